The topological polar surface area (TPSA) is 51.5 Å². The Morgan fingerprint density at radius 3 is 2.37 bits per heavy atom. The van der Waals surface area contributed by atoms with Crippen molar-refractivity contribution in [1.82, 2.24) is 0 Å². The van der Waals surface area contributed by atoms with Crippen LogP contribution in [0.2, 0.25) is 0 Å². The van der Waals surface area contributed by atoms with Crippen LogP contribution < -0.4 is 4.74 Å². The molecule has 0 amide bonds. The van der Waals surface area contributed by atoms with E-state index in [9.17, 15) is 0 Å². The predicted octanol–water partition coefficient (Wildman–Crippen LogP) is 2.57. The molecule has 0 fully saturated rings. The third-order valence-corrected chi connectivity index (χ3v) is 2.38. The molecule has 1 rings (SSSR count). The number of nitrogens with zero attached hydrogens (tertiary/aromatic N) is 1. The molecule has 0 aliphatic heterocycles. The molecule has 0 aliphatic rings. The summed E-state index contributed by atoms with van der Waals surface area (Å²) in [5.74, 6) is 0.795. The first-order chi connectivity index (χ1) is 9.22. The van der Waals surface area contributed by atoms with E-state index in [-0.39, 0.29) is 6.10 Å². The molecule has 4 nitrogen and oxygen atoms in total. The van der Waals surface area contributed by atoms with Gasteiger partial charge in [0.2, 0.25) is 0 Å². The maximum atomic E-state index is 8.56. The number of ether oxygens (including phenoxy) is 3. The molecule has 1 aromatic rings. The molecule has 0 unspecified atom stereocenters. The lowest BCUT2D eigenvalue weighted by Crippen LogP contribution is -2.13. The summed E-state index contributed by atoms with van der Waals surface area (Å²) in [5.41, 5.74) is 0.997. The molecule has 0 spiro atoms. The van der Waals surface area contributed by atoms with E-state index in [0.29, 0.717) is 32.8 Å². The highest BCUT2D eigenvalue weighted by atomic mass is 16.5. The van der Waals surface area contributed by atoms with Crippen molar-refractivity contribution in [3.63, 3.8) is 0 Å². The van der Waals surface area contributed by atoms with Gasteiger partial charge in [0.1, 0.15) is 12.4 Å². The summed E-state index contributed by atoms with van der Waals surface area (Å²) in [6.07, 6.45) is 0.672. The van der Waals surface area contributed by atoms with Crippen molar-refractivity contribution < 1.29 is 14.2 Å². The summed E-state index contributed by atoms with van der Waals surface area (Å²) >= 11 is 0. The van der Waals surface area contributed by atoms with E-state index in [2.05, 4.69) is 6.07 Å². The fourth-order valence-corrected chi connectivity index (χ4v) is 1.46. The second-order valence-electron chi connectivity index (χ2n) is 4.36. The van der Waals surface area contributed by atoms with Gasteiger partial charge in [-0.05, 0) is 31.5 Å². The van der Waals surface area contributed by atoms with E-state index in [1.165, 1.54) is 0 Å². The van der Waals surface area contributed by atoms with Crippen LogP contribution >= 0.6 is 0 Å². The van der Waals surface area contributed by atoms with E-state index >= 15 is 0 Å². The van der Waals surface area contributed by atoms with E-state index in [1.807, 2.05) is 38.1 Å². The summed E-state index contributed by atoms with van der Waals surface area (Å²) in [7, 11) is 0. The summed E-state index contributed by atoms with van der Waals surface area (Å²) in [6.45, 7) is 6.25. The summed E-state index contributed by atoms with van der Waals surface area (Å²) in [6, 6.07) is 9.65. The zero-order valence-corrected chi connectivity index (χ0v) is 11.6. The van der Waals surface area contributed by atoms with Gasteiger partial charge in [-0.15, -0.1) is 0 Å². The zero-order valence-electron chi connectivity index (χ0n) is 11.6. The molecule has 0 heterocycles. The Morgan fingerprint density at radius 2 is 1.74 bits per heavy atom. The number of benzene rings is 1. The van der Waals surface area contributed by atoms with E-state index in [4.69, 9.17) is 19.5 Å². The maximum Gasteiger partial charge on any atom is 0.119 e. The van der Waals surface area contributed by atoms with Crippen LogP contribution in [0.15, 0.2) is 24.3 Å². The zero-order chi connectivity index (χ0) is 13.9. The average molecular weight is 263 g/mol. The number of rotatable bonds is 9. The van der Waals surface area contributed by atoms with Crippen LogP contribution in [0.3, 0.4) is 0 Å². The minimum Gasteiger partial charge on any atom is -0.491 e. The van der Waals surface area contributed by atoms with Crippen LogP contribution in [-0.4, -0.2) is 32.5 Å². The fraction of sp³-hybridized carbons (Fsp3) is 0.533. The lowest BCUT2D eigenvalue weighted by Gasteiger charge is -2.09. The second-order valence-corrected chi connectivity index (χ2v) is 4.36. The lowest BCUT2D eigenvalue weighted by molar-refractivity contribution is 0.0124. The maximum absolute atomic E-state index is 8.56. The van der Waals surface area contributed by atoms with Gasteiger partial charge in [-0.25, -0.2) is 0 Å². The smallest absolute Gasteiger partial charge is 0.119 e. The summed E-state index contributed by atoms with van der Waals surface area (Å²) in [5, 5.41) is 8.56. The van der Waals surface area contributed by atoms with Crippen LogP contribution in [0.1, 0.15) is 19.4 Å². The Hall–Kier alpha value is -1.57. The van der Waals surface area contributed by atoms with Crippen molar-refractivity contribution in [1.29, 1.82) is 5.26 Å². The van der Waals surface area contributed by atoms with Crippen molar-refractivity contribution in [3.8, 4) is 11.8 Å². The van der Waals surface area contributed by atoms with Crippen LogP contribution in [0.4, 0.5) is 0 Å². The second kappa shape index (κ2) is 9.37. The molecular formula is C15H21NO3. The number of hydrogen-bond donors (Lipinski definition) is 0. The van der Waals surface area contributed by atoms with Gasteiger partial charge in [-0.3, -0.25) is 0 Å². The average Bonchev–Trinajstić information content (AvgIpc) is 2.39. The third-order valence-electron chi connectivity index (χ3n) is 2.38. The van der Waals surface area contributed by atoms with Crippen LogP contribution in [0, 0.1) is 11.3 Å². The van der Waals surface area contributed by atoms with Gasteiger partial charge >= 0.3 is 0 Å². The minimum atomic E-state index is 0.242. The van der Waals surface area contributed by atoms with E-state index in [0.717, 1.165) is 11.3 Å². The monoisotopic (exact) mass is 263 g/mol. The van der Waals surface area contributed by atoms with Crippen molar-refractivity contribution in [2.75, 3.05) is 26.4 Å². The highest BCUT2D eigenvalue weighted by Crippen LogP contribution is 2.12. The molecule has 0 N–H and O–H groups in total. The van der Waals surface area contributed by atoms with Crippen molar-refractivity contribution in [3.05, 3.63) is 29.8 Å². The Morgan fingerprint density at radius 1 is 1.05 bits per heavy atom. The molecule has 0 saturated heterocycles. The normalized spacial score (nSPS) is 10.4. The van der Waals surface area contributed by atoms with Crippen molar-refractivity contribution >= 4 is 0 Å². The molecule has 0 radical (unpaired) electrons. The first-order valence-electron chi connectivity index (χ1n) is 6.50. The van der Waals surface area contributed by atoms with Crippen LogP contribution in [0.25, 0.3) is 0 Å². The van der Waals surface area contributed by atoms with Gasteiger partial charge in [0.15, 0.2) is 0 Å². The largest absolute Gasteiger partial charge is 0.491 e. The summed E-state index contributed by atoms with van der Waals surface area (Å²) in [4.78, 5) is 0. The Bertz CT molecular complexity index is 381. The van der Waals surface area contributed by atoms with Gasteiger partial charge < -0.3 is 14.2 Å². The van der Waals surface area contributed by atoms with E-state index < -0.39 is 0 Å². The third kappa shape index (κ3) is 7.45. The van der Waals surface area contributed by atoms with Crippen molar-refractivity contribution in [2.45, 2.75) is 26.4 Å². The Labute approximate surface area is 114 Å². The molecule has 104 valence electrons. The van der Waals surface area contributed by atoms with Gasteiger partial charge in [0.25, 0.3) is 0 Å². The first kappa shape index (κ1) is 15.5. The standard InChI is InChI=1S/C15H21NO3/c1-13(2)18-11-9-17-10-12-19-15-5-3-14(4-6-15)7-8-16/h3-6,13H,7,9-12H2,1-2H3. The number of nitriles is 1. The quantitative estimate of drug-likeness (QED) is 0.642. The fourth-order valence-electron chi connectivity index (χ4n) is 1.46. The van der Waals surface area contributed by atoms with E-state index in [1.54, 1.807) is 0 Å². The molecule has 0 saturated carbocycles. The predicted molar refractivity (Wildman–Crippen MR) is 73.2 cm³/mol. The van der Waals surface area contributed by atoms with Crippen molar-refractivity contribution in [2.24, 2.45) is 0 Å². The minimum absolute atomic E-state index is 0.242. The van der Waals surface area contributed by atoms with Gasteiger partial charge in [-0.2, -0.15) is 5.26 Å². The summed E-state index contributed by atoms with van der Waals surface area (Å²) < 4.78 is 16.2. The van der Waals surface area contributed by atoms with Gasteiger partial charge in [0, 0.05) is 0 Å². The van der Waals surface area contributed by atoms with Gasteiger partial charge in [-0.1, -0.05) is 12.1 Å². The highest BCUT2D eigenvalue weighted by Gasteiger charge is 1.96. The van der Waals surface area contributed by atoms with Crippen LogP contribution in [-0.2, 0) is 15.9 Å². The molecule has 0 bridgehead atoms. The van der Waals surface area contributed by atoms with Crippen LogP contribution in [0.5, 0.6) is 5.75 Å². The molecular weight excluding hydrogens is 242 g/mol. The molecule has 0 aliphatic carbocycles. The molecule has 0 atom stereocenters. The lowest BCUT2D eigenvalue weighted by atomic mass is 10.2. The first-order valence-corrected chi connectivity index (χ1v) is 6.50. The molecule has 1 aromatic carbocycles. The molecule has 19 heavy (non-hydrogen) atoms. The Balaban J connectivity index is 2.07. The molecule has 4 heteroatoms. The SMILES string of the molecule is CC(C)OCCOCCOc1ccc(CC#N)cc1. The number of hydrogen-bond acceptors (Lipinski definition) is 4. The highest BCUT2D eigenvalue weighted by molar-refractivity contribution is 5.28. The van der Waals surface area contributed by atoms with Gasteiger partial charge in [0.05, 0.1) is 38.4 Å². The molecule has 0 aromatic heterocycles. The Kier molecular flexibility index (Phi) is 7.64.